The van der Waals surface area contributed by atoms with Gasteiger partial charge in [0.1, 0.15) is 5.75 Å². The molecule has 0 fully saturated rings. The van der Waals surface area contributed by atoms with Crippen molar-refractivity contribution >= 4 is 23.2 Å². The van der Waals surface area contributed by atoms with Gasteiger partial charge >= 0.3 is 0 Å². The summed E-state index contributed by atoms with van der Waals surface area (Å²) in [7, 11) is 3.41. The molecule has 1 unspecified atom stereocenters. The van der Waals surface area contributed by atoms with Gasteiger partial charge in [-0.05, 0) is 50.5 Å². The minimum absolute atomic E-state index is 0.0191. The summed E-state index contributed by atoms with van der Waals surface area (Å²) >= 11 is 6.29. The van der Waals surface area contributed by atoms with Gasteiger partial charge in [0.25, 0.3) is 5.91 Å². The van der Waals surface area contributed by atoms with Gasteiger partial charge in [-0.2, -0.15) is 0 Å². The summed E-state index contributed by atoms with van der Waals surface area (Å²) < 4.78 is 7.51. The van der Waals surface area contributed by atoms with Crippen molar-refractivity contribution in [2.75, 3.05) is 13.7 Å². The Bertz CT molecular complexity index is 1190. The molecule has 0 aliphatic carbocycles. The number of nitrogens with one attached hydrogen (secondary N) is 2. The first-order valence-corrected chi connectivity index (χ1v) is 12.1. The molecule has 36 heavy (non-hydrogen) atoms. The molecule has 0 radical (unpaired) electrons. The molecule has 1 heterocycles. The van der Waals surface area contributed by atoms with Crippen molar-refractivity contribution in [2.24, 2.45) is 7.05 Å². The molecule has 0 saturated heterocycles. The van der Waals surface area contributed by atoms with E-state index in [2.05, 4.69) is 22.4 Å². The summed E-state index contributed by atoms with van der Waals surface area (Å²) in [6.07, 6.45) is 2.89. The van der Waals surface area contributed by atoms with Crippen LogP contribution in [0.3, 0.4) is 0 Å². The average molecular weight is 513 g/mol. The van der Waals surface area contributed by atoms with Gasteiger partial charge in [-0.3, -0.25) is 15.1 Å². The van der Waals surface area contributed by atoms with Crippen molar-refractivity contribution in [1.29, 1.82) is 0 Å². The maximum absolute atomic E-state index is 12.9. The van der Waals surface area contributed by atoms with Crippen LogP contribution in [0, 0.1) is 0 Å². The molecule has 1 atom stereocenters. The summed E-state index contributed by atoms with van der Waals surface area (Å²) in [6, 6.07) is 12.7. The molecule has 1 aromatic heterocycles. The van der Waals surface area contributed by atoms with Gasteiger partial charge in [0, 0.05) is 37.0 Å². The van der Waals surface area contributed by atoms with E-state index < -0.39 is 0 Å². The number of benzene rings is 2. The second-order valence-electron chi connectivity index (χ2n) is 8.74. The molecule has 0 spiro atoms. The zero-order valence-electron chi connectivity index (χ0n) is 21.0. The fourth-order valence-corrected chi connectivity index (χ4v) is 4.02. The lowest BCUT2D eigenvalue weighted by Gasteiger charge is -2.19. The second kappa shape index (κ2) is 12.6. The van der Waals surface area contributed by atoms with Crippen LogP contribution >= 0.6 is 11.6 Å². The summed E-state index contributed by atoms with van der Waals surface area (Å²) in [6.45, 7) is 7.71. The lowest BCUT2D eigenvalue weighted by molar-refractivity contribution is 0.0930. The van der Waals surface area contributed by atoms with Crippen LogP contribution in [-0.2, 0) is 18.3 Å². The maximum atomic E-state index is 12.9. The molecule has 9 heteroatoms. The summed E-state index contributed by atoms with van der Waals surface area (Å²) in [5, 5.41) is 12.9. The standard InChI is InChI=1S/C27H33ClN4O4/c1-17(2)36-25-11-10-21(15-23(25)28)27(34)29-22(12-13-33)14-19-6-8-20(9-7-19)24-16-32(4)26(30-24)18(3)31-35-5/h6-11,15-17,22,31,33H,3,12-14H2,1-2,4-5H3,(H,29,34). The molecule has 3 N–H and O–H groups in total. The molecule has 0 aliphatic rings. The van der Waals surface area contributed by atoms with Gasteiger partial charge in [-0.15, -0.1) is 0 Å². The van der Waals surface area contributed by atoms with Crippen molar-refractivity contribution in [1.82, 2.24) is 20.3 Å². The van der Waals surface area contributed by atoms with Gasteiger partial charge < -0.3 is 19.7 Å². The predicted octanol–water partition coefficient (Wildman–Crippen LogP) is 4.37. The molecule has 0 saturated carbocycles. The van der Waals surface area contributed by atoms with E-state index in [1.165, 1.54) is 7.11 Å². The number of carbonyl (C=O) groups is 1. The number of rotatable bonds is 12. The van der Waals surface area contributed by atoms with Crippen LogP contribution in [0.2, 0.25) is 5.02 Å². The van der Waals surface area contributed by atoms with Gasteiger partial charge in [-0.1, -0.05) is 42.4 Å². The first-order valence-electron chi connectivity index (χ1n) is 11.7. The molecule has 3 aromatic rings. The van der Waals surface area contributed by atoms with E-state index in [0.717, 1.165) is 16.8 Å². The molecule has 8 nitrogen and oxygen atoms in total. The normalized spacial score (nSPS) is 11.9. The van der Waals surface area contributed by atoms with Crippen molar-refractivity contribution in [2.45, 2.75) is 38.8 Å². The monoisotopic (exact) mass is 512 g/mol. The Kier molecular flexibility index (Phi) is 9.52. The number of aliphatic hydroxyl groups is 1. The highest BCUT2D eigenvalue weighted by molar-refractivity contribution is 6.32. The van der Waals surface area contributed by atoms with E-state index in [9.17, 15) is 9.90 Å². The molecule has 0 aliphatic heterocycles. The highest BCUT2D eigenvalue weighted by Crippen LogP contribution is 2.27. The largest absolute Gasteiger partial charge is 0.489 e. The molecular formula is C27H33ClN4O4. The molecule has 1 amide bonds. The van der Waals surface area contributed by atoms with E-state index >= 15 is 0 Å². The topological polar surface area (TPSA) is 97.6 Å². The van der Waals surface area contributed by atoms with Gasteiger partial charge in [0.05, 0.1) is 29.6 Å². The molecule has 2 aromatic carbocycles. The number of aliphatic hydroxyl groups excluding tert-OH is 1. The number of amides is 1. The number of hydrogen-bond acceptors (Lipinski definition) is 6. The van der Waals surface area contributed by atoms with Gasteiger partial charge in [-0.25, -0.2) is 4.98 Å². The lowest BCUT2D eigenvalue weighted by atomic mass is 10.0. The lowest BCUT2D eigenvalue weighted by Crippen LogP contribution is -2.37. The number of aromatic nitrogens is 2. The van der Waals surface area contributed by atoms with E-state index in [-0.39, 0.29) is 24.7 Å². The van der Waals surface area contributed by atoms with Crippen molar-refractivity contribution < 1.29 is 19.5 Å². The Hall–Kier alpha value is -3.33. The summed E-state index contributed by atoms with van der Waals surface area (Å²) in [4.78, 5) is 22.4. The molecule has 192 valence electrons. The minimum atomic E-state index is -0.256. The maximum Gasteiger partial charge on any atom is 0.251 e. The van der Waals surface area contributed by atoms with E-state index in [0.29, 0.717) is 40.7 Å². The zero-order valence-corrected chi connectivity index (χ0v) is 21.8. The third kappa shape index (κ3) is 7.10. The SMILES string of the molecule is C=C(NOC)c1nc(-c2ccc(CC(CCO)NC(=O)c3ccc(OC(C)C)c(Cl)c3)cc2)cn1C. The van der Waals surface area contributed by atoms with Crippen LogP contribution in [0.5, 0.6) is 5.75 Å². The molecule has 3 rings (SSSR count). The average Bonchev–Trinajstić information content (AvgIpc) is 3.22. The van der Waals surface area contributed by atoms with Crippen LogP contribution in [0.1, 0.15) is 42.0 Å². The number of ether oxygens (including phenoxy) is 1. The Morgan fingerprint density at radius 1 is 1.22 bits per heavy atom. The van der Waals surface area contributed by atoms with Crippen molar-refractivity contribution in [3.05, 3.63) is 77.2 Å². The quantitative estimate of drug-likeness (QED) is 0.312. The summed E-state index contributed by atoms with van der Waals surface area (Å²) in [5.74, 6) is 0.953. The summed E-state index contributed by atoms with van der Waals surface area (Å²) in [5.41, 5.74) is 6.49. The van der Waals surface area contributed by atoms with E-state index in [4.69, 9.17) is 21.2 Å². The van der Waals surface area contributed by atoms with E-state index in [1.807, 2.05) is 55.9 Å². The number of carbonyl (C=O) groups excluding carboxylic acids is 1. The number of halogens is 1. The smallest absolute Gasteiger partial charge is 0.251 e. The van der Waals surface area contributed by atoms with Crippen LogP contribution in [0.4, 0.5) is 0 Å². The second-order valence-corrected chi connectivity index (χ2v) is 9.15. The predicted molar refractivity (Wildman–Crippen MR) is 142 cm³/mol. The number of imidazole rings is 1. The van der Waals surface area contributed by atoms with Crippen LogP contribution in [0.15, 0.2) is 55.2 Å². The van der Waals surface area contributed by atoms with Crippen LogP contribution in [0.25, 0.3) is 17.0 Å². The Balaban J connectivity index is 1.68. The fraction of sp³-hybridized carbons (Fsp3) is 0.333. The number of nitrogens with zero attached hydrogens (tertiary/aromatic N) is 2. The zero-order chi connectivity index (χ0) is 26.2. The first kappa shape index (κ1) is 27.3. The third-order valence-electron chi connectivity index (χ3n) is 5.47. The first-order chi connectivity index (χ1) is 17.2. The number of aryl methyl sites for hydroxylation is 1. The van der Waals surface area contributed by atoms with E-state index in [1.54, 1.807) is 18.2 Å². The Morgan fingerprint density at radius 2 is 1.94 bits per heavy atom. The van der Waals surface area contributed by atoms with Crippen molar-refractivity contribution in [3.8, 4) is 17.0 Å². The van der Waals surface area contributed by atoms with Gasteiger partial charge in [0.2, 0.25) is 0 Å². The van der Waals surface area contributed by atoms with Crippen LogP contribution in [-0.4, -0.2) is 46.4 Å². The van der Waals surface area contributed by atoms with Crippen molar-refractivity contribution in [3.63, 3.8) is 0 Å². The number of hydrogen-bond donors (Lipinski definition) is 3. The van der Waals surface area contributed by atoms with Gasteiger partial charge in [0.15, 0.2) is 5.82 Å². The Morgan fingerprint density at radius 3 is 2.56 bits per heavy atom. The third-order valence-corrected chi connectivity index (χ3v) is 5.77. The highest BCUT2D eigenvalue weighted by atomic mass is 35.5. The van der Waals surface area contributed by atoms with Crippen LogP contribution < -0.4 is 15.5 Å². The fourth-order valence-electron chi connectivity index (χ4n) is 3.79. The molecular weight excluding hydrogens is 480 g/mol. The Labute approximate surface area is 216 Å². The molecule has 0 bridgehead atoms. The number of hydroxylamine groups is 1. The minimum Gasteiger partial charge on any atom is -0.489 e. The highest BCUT2D eigenvalue weighted by Gasteiger charge is 2.17.